The van der Waals surface area contributed by atoms with Crippen LogP contribution in [0.25, 0.3) is 0 Å². The molecule has 0 aliphatic carbocycles. The van der Waals surface area contributed by atoms with Crippen LogP contribution in [0.5, 0.6) is 11.5 Å². The molecule has 3 aromatic carbocycles. The maximum absolute atomic E-state index is 13.2. The third-order valence-corrected chi connectivity index (χ3v) is 6.53. The van der Waals surface area contributed by atoms with Gasteiger partial charge in [0.25, 0.3) is 5.91 Å². The summed E-state index contributed by atoms with van der Waals surface area (Å²) in [6.07, 6.45) is 0. The maximum Gasteiger partial charge on any atom is 0.255 e. The molecule has 0 aromatic heterocycles. The van der Waals surface area contributed by atoms with Crippen molar-refractivity contribution in [2.24, 2.45) is 0 Å². The van der Waals surface area contributed by atoms with Crippen molar-refractivity contribution < 1.29 is 14.3 Å². The molecule has 0 bridgehead atoms. The summed E-state index contributed by atoms with van der Waals surface area (Å²) in [5.41, 5.74) is 4.85. The lowest BCUT2D eigenvalue weighted by molar-refractivity contribution is 0.102. The quantitative estimate of drug-likeness (QED) is 0.435. The van der Waals surface area contributed by atoms with Crippen LogP contribution in [0, 0.1) is 6.92 Å². The molecule has 0 saturated carbocycles. The van der Waals surface area contributed by atoms with Crippen molar-refractivity contribution in [1.82, 2.24) is 0 Å². The molecule has 1 aliphatic heterocycles. The Morgan fingerprint density at radius 3 is 2.55 bits per heavy atom. The summed E-state index contributed by atoms with van der Waals surface area (Å²) in [5.74, 6) is 2.19. The van der Waals surface area contributed by atoms with Gasteiger partial charge in [0.2, 0.25) is 0 Å². The Morgan fingerprint density at radius 1 is 1.00 bits per heavy atom. The first-order chi connectivity index (χ1) is 16.1. The average molecular weight is 463 g/mol. The summed E-state index contributed by atoms with van der Waals surface area (Å²) in [7, 11) is 0. The van der Waals surface area contributed by atoms with E-state index >= 15 is 0 Å². The summed E-state index contributed by atoms with van der Waals surface area (Å²) < 4.78 is 11.3. The lowest BCUT2D eigenvalue weighted by Gasteiger charge is -2.31. The van der Waals surface area contributed by atoms with E-state index in [0.29, 0.717) is 36.0 Å². The van der Waals surface area contributed by atoms with Crippen LogP contribution in [0.15, 0.2) is 65.6 Å². The van der Waals surface area contributed by atoms with Crippen LogP contribution in [-0.4, -0.2) is 31.4 Å². The smallest absolute Gasteiger partial charge is 0.255 e. The Hall–Kier alpha value is -3.12. The van der Waals surface area contributed by atoms with Crippen LogP contribution in [0.2, 0.25) is 0 Å². The minimum atomic E-state index is -0.168. The van der Waals surface area contributed by atoms with E-state index in [0.717, 1.165) is 24.5 Å². The second-order valence-corrected chi connectivity index (χ2v) is 9.05. The zero-order valence-electron chi connectivity index (χ0n) is 19.4. The first-order valence-electron chi connectivity index (χ1n) is 11.4. The molecule has 0 unspecified atom stereocenters. The summed E-state index contributed by atoms with van der Waals surface area (Å²) >= 11 is 1.84. The van der Waals surface area contributed by atoms with E-state index in [4.69, 9.17) is 9.47 Å². The number of aryl methyl sites for hydroxylation is 1. The molecule has 1 aliphatic rings. The summed E-state index contributed by atoms with van der Waals surface area (Å²) in [5, 5.41) is 3.02. The number of benzene rings is 3. The molecule has 1 amide bonds. The van der Waals surface area contributed by atoms with Crippen LogP contribution in [0.4, 0.5) is 11.4 Å². The summed E-state index contributed by atoms with van der Waals surface area (Å²) in [6.45, 7) is 8.80. The van der Waals surface area contributed by atoms with Crippen LogP contribution < -0.4 is 19.7 Å². The molecule has 1 heterocycles. The fourth-order valence-electron chi connectivity index (χ4n) is 3.83. The van der Waals surface area contributed by atoms with Crippen LogP contribution >= 0.6 is 11.8 Å². The van der Waals surface area contributed by atoms with Gasteiger partial charge in [-0.25, -0.2) is 0 Å². The number of anilines is 2. The molecular weight excluding hydrogens is 432 g/mol. The molecule has 6 heteroatoms. The Bertz CT molecular complexity index is 1110. The highest BCUT2D eigenvalue weighted by Crippen LogP contribution is 2.37. The molecule has 0 atom stereocenters. The van der Waals surface area contributed by atoms with Crippen LogP contribution in [0.3, 0.4) is 0 Å². The molecule has 0 spiro atoms. The fraction of sp³-hybridized carbons (Fsp3) is 0.296. The molecular formula is C27H30N2O3S. The molecule has 0 fully saturated rings. The van der Waals surface area contributed by atoms with E-state index in [1.54, 1.807) is 0 Å². The van der Waals surface area contributed by atoms with Crippen molar-refractivity contribution in [3.63, 3.8) is 0 Å². The monoisotopic (exact) mass is 462 g/mol. The molecule has 172 valence electrons. The SMILES string of the molecule is CCOc1ccc(OCC)c(NC(=O)c2ccc3c(c2)N(Cc2ccc(C)cc2)CCS3)c1. The zero-order valence-corrected chi connectivity index (χ0v) is 20.2. The van der Waals surface area contributed by atoms with Crippen molar-refractivity contribution in [3.8, 4) is 11.5 Å². The number of carbonyl (C=O) groups is 1. The minimum Gasteiger partial charge on any atom is -0.494 e. The summed E-state index contributed by atoms with van der Waals surface area (Å²) in [4.78, 5) is 16.8. The number of ether oxygens (including phenoxy) is 2. The Morgan fingerprint density at radius 2 is 1.79 bits per heavy atom. The van der Waals surface area contributed by atoms with Crippen molar-refractivity contribution in [1.29, 1.82) is 0 Å². The molecule has 33 heavy (non-hydrogen) atoms. The maximum atomic E-state index is 13.2. The van der Waals surface area contributed by atoms with Crippen LogP contribution in [-0.2, 0) is 6.54 Å². The highest BCUT2D eigenvalue weighted by Gasteiger charge is 2.20. The minimum absolute atomic E-state index is 0.168. The molecule has 5 nitrogen and oxygen atoms in total. The lowest BCUT2D eigenvalue weighted by atomic mass is 10.1. The van der Waals surface area contributed by atoms with Gasteiger partial charge in [0.05, 0.1) is 24.6 Å². The second-order valence-electron chi connectivity index (χ2n) is 7.92. The predicted molar refractivity (Wildman–Crippen MR) is 136 cm³/mol. The molecule has 1 N–H and O–H groups in total. The Balaban J connectivity index is 1.57. The normalized spacial score (nSPS) is 12.8. The van der Waals surface area contributed by atoms with Gasteiger partial charge in [0.1, 0.15) is 11.5 Å². The lowest BCUT2D eigenvalue weighted by Crippen LogP contribution is -2.29. The molecule has 0 radical (unpaired) electrons. The molecule has 0 saturated heterocycles. The van der Waals surface area contributed by atoms with E-state index in [-0.39, 0.29) is 5.91 Å². The second kappa shape index (κ2) is 10.7. The first-order valence-corrected chi connectivity index (χ1v) is 12.3. The first kappa shape index (κ1) is 23.1. The average Bonchev–Trinajstić information content (AvgIpc) is 2.82. The number of rotatable bonds is 8. The number of nitrogens with one attached hydrogen (secondary N) is 1. The van der Waals surface area contributed by atoms with E-state index < -0.39 is 0 Å². The molecule has 4 rings (SSSR count). The third kappa shape index (κ3) is 5.63. The van der Waals surface area contributed by atoms with Crippen molar-refractivity contribution >= 4 is 29.0 Å². The topological polar surface area (TPSA) is 50.8 Å². The van der Waals surface area contributed by atoms with Gasteiger partial charge in [0, 0.05) is 35.4 Å². The van der Waals surface area contributed by atoms with E-state index in [9.17, 15) is 4.79 Å². The predicted octanol–water partition coefficient (Wildman–Crippen LogP) is 6.16. The van der Waals surface area contributed by atoms with Gasteiger partial charge >= 0.3 is 0 Å². The van der Waals surface area contributed by atoms with Gasteiger partial charge < -0.3 is 19.7 Å². The van der Waals surface area contributed by atoms with Crippen LogP contribution in [0.1, 0.15) is 35.3 Å². The van der Waals surface area contributed by atoms with Gasteiger partial charge in [-0.15, -0.1) is 11.8 Å². The molecule has 3 aromatic rings. The van der Waals surface area contributed by atoms with E-state index in [1.165, 1.54) is 16.0 Å². The highest BCUT2D eigenvalue weighted by atomic mass is 32.2. The highest BCUT2D eigenvalue weighted by molar-refractivity contribution is 7.99. The van der Waals surface area contributed by atoms with Gasteiger partial charge in [-0.1, -0.05) is 29.8 Å². The van der Waals surface area contributed by atoms with Gasteiger partial charge in [0.15, 0.2) is 0 Å². The number of carbonyl (C=O) groups excluding carboxylic acids is 1. The van der Waals surface area contributed by atoms with Gasteiger partial charge in [-0.2, -0.15) is 0 Å². The van der Waals surface area contributed by atoms with Gasteiger partial charge in [-0.05, 0) is 56.7 Å². The van der Waals surface area contributed by atoms with Crippen molar-refractivity contribution in [3.05, 3.63) is 77.4 Å². The van der Waals surface area contributed by atoms with Crippen molar-refractivity contribution in [2.75, 3.05) is 35.7 Å². The van der Waals surface area contributed by atoms with E-state index in [2.05, 4.69) is 47.5 Å². The largest absolute Gasteiger partial charge is 0.494 e. The fourth-order valence-corrected chi connectivity index (χ4v) is 4.86. The number of fused-ring (bicyclic) bond motifs is 1. The number of thioether (sulfide) groups is 1. The third-order valence-electron chi connectivity index (χ3n) is 5.48. The zero-order chi connectivity index (χ0) is 23.2. The number of nitrogens with zero attached hydrogens (tertiary/aromatic N) is 1. The van der Waals surface area contributed by atoms with E-state index in [1.807, 2.05) is 55.9 Å². The number of hydrogen-bond acceptors (Lipinski definition) is 5. The van der Waals surface area contributed by atoms with Gasteiger partial charge in [-0.3, -0.25) is 4.79 Å². The van der Waals surface area contributed by atoms with Crippen molar-refractivity contribution in [2.45, 2.75) is 32.2 Å². The standard InChI is InChI=1S/C27H30N2O3S/c1-4-31-22-11-12-25(32-5-2)23(17-22)28-27(30)21-10-13-26-24(16-21)29(14-15-33-26)18-20-8-6-19(3)7-9-20/h6-13,16-17H,4-5,14-15,18H2,1-3H3,(H,28,30). The Kier molecular flexibility index (Phi) is 7.45. The Labute approximate surface area is 200 Å². The number of amides is 1. The summed E-state index contributed by atoms with van der Waals surface area (Å²) in [6, 6.07) is 20.1. The number of hydrogen-bond donors (Lipinski definition) is 1.